The Morgan fingerprint density at radius 3 is 2.85 bits per heavy atom. The van der Waals surface area contributed by atoms with E-state index in [1.54, 1.807) is 0 Å². The smallest absolute Gasteiger partial charge is 0.0762 e. The van der Waals surface area contributed by atoms with E-state index in [1.165, 1.54) is 16.5 Å². The number of nitrogens with one attached hydrogen (secondary N) is 1. The molecule has 0 amide bonds. The Kier molecular flexibility index (Phi) is 3.57. The minimum Gasteiger partial charge on any atom is -0.370 e. The quantitative estimate of drug-likeness (QED) is 0.924. The molecular weight excluding hydrogens is 248 g/mol. The number of aromatic nitrogens is 1. The molecule has 2 aromatic rings. The normalized spacial score (nSPS) is 21.6. The number of para-hydroxylation sites is 1. The number of hydrogen-bond acceptors (Lipinski definition) is 2. The molecule has 1 atom stereocenters. The van der Waals surface area contributed by atoms with Crippen LogP contribution in [0.2, 0.25) is 0 Å². The van der Waals surface area contributed by atoms with Crippen LogP contribution in [0.4, 0.5) is 0 Å². The first-order valence-corrected chi connectivity index (χ1v) is 7.48. The highest BCUT2D eigenvalue weighted by Gasteiger charge is 2.31. The zero-order valence-electron chi connectivity index (χ0n) is 12.6. The SMILES string of the molecule is CNCc1cn(CC2CCC(C)(C)O2)c2ccccc12. The van der Waals surface area contributed by atoms with Gasteiger partial charge in [-0.15, -0.1) is 0 Å². The highest BCUT2D eigenvalue weighted by Crippen LogP contribution is 2.31. The summed E-state index contributed by atoms with van der Waals surface area (Å²) in [6, 6.07) is 8.63. The van der Waals surface area contributed by atoms with Crippen LogP contribution in [0.1, 0.15) is 32.3 Å². The maximum absolute atomic E-state index is 6.13. The molecule has 0 spiro atoms. The number of fused-ring (bicyclic) bond motifs is 1. The van der Waals surface area contributed by atoms with Crippen LogP contribution in [0.15, 0.2) is 30.5 Å². The van der Waals surface area contributed by atoms with Gasteiger partial charge < -0.3 is 14.6 Å². The summed E-state index contributed by atoms with van der Waals surface area (Å²) >= 11 is 0. The van der Waals surface area contributed by atoms with Crippen molar-refractivity contribution in [1.29, 1.82) is 0 Å². The standard InChI is InChI=1S/C17H24N2O/c1-17(2)9-8-14(20-17)12-19-11-13(10-18-3)15-6-4-5-7-16(15)19/h4-7,11,14,18H,8-10,12H2,1-3H3. The second-order valence-electron chi connectivity index (χ2n) is 6.39. The molecule has 0 saturated carbocycles. The maximum atomic E-state index is 6.13. The van der Waals surface area contributed by atoms with E-state index in [9.17, 15) is 0 Å². The van der Waals surface area contributed by atoms with Gasteiger partial charge in [0.2, 0.25) is 0 Å². The fourth-order valence-electron chi connectivity index (χ4n) is 3.23. The summed E-state index contributed by atoms with van der Waals surface area (Å²) in [5.74, 6) is 0. The predicted octanol–water partition coefficient (Wildman–Crippen LogP) is 3.32. The van der Waals surface area contributed by atoms with Crippen LogP contribution < -0.4 is 5.32 Å². The largest absolute Gasteiger partial charge is 0.370 e. The summed E-state index contributed by atoms with van der Waals surface area (Å²) in [5, 5.41) is 4.60. The third-order valence-corrected chi connectivity index (χ3v) is 4.19. The van der Waals surface area contributed by atoms with E-state index in [4.69, 9.17) is 4.74 Å². The van der Waals surface area contributed by atoms with Crippen LogP contribution in [0.25, 0.3) is 10.9 Å². The van der Waals surface area contributed by atoms with Crippen LogP contribution >= 0.6 is 0 Å². The molecule has 1 aliphatic heterocycles. The first kappa shape index (κ1) is 13.7. The van der Waals surface area contributed by atoms with E-state index in [0.29, 0.717) is 6.10 Å². The van der Waals surface area contributed by atoms with Crippen molar-refractivity contribution in [3.05, 3.63) is 36.0 Å². The van der Waals surface area contributed by atoms with Crippen molar-refractivity contribution in [2.45, 2.75) is 51.5 Å². The molecule has 1 aliphatic rings. The van der Waals surface area contributed by atoms with Crippen molar-refractivity contribution in [2.24, 2.45) is 0 Å². The molecule has 3 heteroatoms. The molecule has 20 heavy (non-hydrogen) atoms. The van der Waals surface area contributed by atoms with Crippen LogP contribution in [-0.2, 0) is 17.8 Å². The third-order valence-electron chi connectivity index (χ3n) is 4.19. The number of hydrogen-bond donors (Lipinski definition) is 1. The Bertz CT molecular complexity index is 600. The number of benzene rings is 1. The molecule has 3 rings (SSSR count). The minimum atomic E-state index is 0.0431. The van der Waals surface area contributed by atoms with Gasteiger partial charge in [-0.3, -0.25) is 0 Å². The Morgan fingerprint density at radius 2 is 2.15 bits per heavy atom. The lowest BCUT2D eigenvalue weighted by molar-refractivity contribution is -0.0212. The summed E-state index contributed by atoms with van der Waals surface area (Å²) < 4.78 is 8.49. The Labute approximate surface area is 120 Å². The highest BCUT2D eigenvalue weighted by atomic mass is 16.5. The van der Waals surface area contributed by atoms with Gasteiger partial charge >= 0.3 is 0 Å². The molecular formula is C17H24N2O. The number of ether oxygens (including phenoxy) is 1. The van der Waals surface area contributed by atoms with E-state index in [-0.39, 0.29) is 5.60 Å². The first-order valence-electron chi connectivity index (χ1n) is 7.48. The lowest BCUT2D eigenvalue weighted by Crippen LogP contribution is -2.22. The van der Waals surface area contributed by atoms with Gasteiger partial charge in [-0.1, -0.05) is 18.2 Å². The second kappa shape index (κ2) is 5.23. The van der Waals surface area contributed by atoms with Gasteiger partial charge in [0.25, 0.3) is 0 Å². The summed E-state index contributed by atoms with van der Waals surface area (Å²) in [6.45, 7) is 6.23. The van der Waals surface area contributed by atoms with Gasteiger partial charge in [0.15, 0.2) is 0 Å². The van der Waals surface area contributed by atoms with E-state index < -0.39 is 0 Å². The summed E-state index contributed by atoms with van der Waals surface area (Å²) in [7, 11) is 1.99. The van der Waals surface area contributed by atoms with Crippen molar-refractivity contribution < 1.29 is 4.74 Å². The summed E-state index contributed by atoms with van der Waals surface area (Å²) in [5.41, 5.74) is 2.72. The van der Waals surface area contributed by atoms with Crippen molar-refractivity contribution in [2.75, 3.05) is 7.05 Å². The van der Waals surface area contributed by atoms with Gasteiger partial charge in [-0.2, -0.15) is 0 Å². The van der Waals surface area contributed by atoms with Gasteiger partial charge in [0, 0.05) is 30.2 Å². The lowest BCUT2D eigenvalue weighted by Gasteiger charge is -2.19. The van der Waals surface area contributed by atoms with E-state index in [1.807, 2.05) is 7.05 Å². The van der Waals surface area contributed by atoms with Crippen molar-refractivity contribution in [3.63, 3.8) is 0 Å². The molecule has 0 radical (unpaired) electrons. The lowest BCUT2D eigenvalue weighted by atomic mass is 10.1. The van der Waals surface area contributed by atoms with Gasteiger partial charge in [-0.05, 0) is 45.4 Å². The molecule has 1 aromatic carbocycles. The molecule has 1 saturated heterocycles. The second-order valence-corrected chi connectivity index (χ2v) is 6.39. The monoisotopic (exact) mass is 272 g/mol. The number of rotatable bonds is 4. The number of nitrogens with zero attached hydrogens (tertiary/aromatic N) is 1. The predicted molar refractivity (Wildman–Crippen MR) is 82.9 cm³/mol. The van der Waals surface area contributed by atoms with Gasteiger partial charge in [0.1, 0.15) is 0 Å². The average Bonchev–Trinajstić information content (AvgIpc) is 2.93. The topological polar surface area (TPSA) is 26.2 Å². The first-order chi connectivity index (χ1) is 9.59. The minimum absolute atomic E-state index is 0.0431. The molecule has 1 fully saturated rings. The van der Waals surface area contributed by atoms with Crippen molar-refractivity contribution >= 4 is 10.9 Å². The highest BCUT2D eigenvalue weighted by molar-refractivity contribution is 5.83. The molecule has 0 aliphatic carbocycles. The third kappa shape index (κ3) is 2.60. The molecule has 108 valence electrons. The van der Waals surface area contributed by atoms with Gasteiger partial charge in [0.05, 0.1) is 11.7 Å². The van der Waals surface area contributed by atoms with Crippen LogP contribution in [0, 0.1) is 0 Å². The zero-order chi connectivity index (χ0) is 14.2. The summed E-state index contributed by atoms with van der Waals surface area (Å²) in [6.07, 6.45) is 4.92. The molecule has 1 aromatic heterocycles. The van der Waals surface area contributed by atoms with Crippen LogP contribution in [0.5, 0.6) is 0 Å². The van der Waals surface area contributed by atoms with Crippen molar-refractivity contribution in [1.82, 2.24) is 9.88 Å². The Hall–Kier alpha value is -1.32. The van der Waals surface area contributed by atoms with E-state index >= 15 is 0 Å². The molecule has 0 bridgehead atoms. The van der Waals surface area contributed by atoms with Crippen molar-refractivity contribution in [3.8, 4) is 0 Å². The average molecular weight is 272 g/mol. The van der Waals surface area contributed by atoms with E-state index in [2.05, 4.69) is 54.2 Å². The van der Waals surface area contributed by atoms with Crippen LogP contribution in [-0.4, -0.2) is 23.3 Å². The fourth-order valence-corrected chi connectivity index (χ4v) is 3.23. The molecule has 3 nitrogen and oxygen atoms in total. The molecule has 2 heterocycles. The molecule has 1 unspecified atom stereocenters. The van der Waals surface area contributed by atoms with Crippen LogP contribution in [0.3, 0.4) is 0 Å². The maximum Gasteiger partial charge on any atom is 0.0762 e. The molecule has 1 N–H and O–H groups in total. The van der Waals surface area contributed by atoms with Gasteiger partial charge in [-0.25, -0.2) is 0 Å². The van der Waals surface area contributed by atoms with E-state index in [0.717, 1.165) is 25.9 Å². The summed E-state index contributed by atoms with van der Waals surface area (Å²) in [4.78, 5) is 0. The Balaban J connectivity index is 1.88. The fraction of sp³-hybridized carbons (Fsp3) is 0.529. The zero-order valence-corrected chi connectivity index (χ0v) is 12.6. The Morgan fingerprint density at radius 1 is 1.35 bits per heavy atom.